The van der Waals surface area contributed by atoms with Crippen LogP contribution < -0.4 is 4.90 Å². The number of rotatable bonds is 6. The fraction of sp³-hybridized carbons (Fsp3) is 0.107. The molecular formula is C56H44N2. The molecule has 2 aliphatic rings. The first-order valence-electron chi connectivity index (χ1n) is 20.5. The van der Waals surface area contributed by atoms with Crippen molar-refractivity contribution in [3.05, 3.63) is 217 Å². The summed E-state index contributed by atoms with van der Waals surface area (Å²) in [6.45, 7) is 7.25. The summed E-state index contributed by atoms with van der Waals surface area (Å²) >= 11 is 0. The van der Waals surface area contributed by atoms with Gasteiger partial charge < -0.3 is 9.47 Å². The zero-order valence-electron chi connectivity index (χ0n) is 33.1. The van der Waals surface area contributed by atoms with Gasteiger partial charge in [-0.3, -0.25) is 0 Å². The van der Waals surface area contributed by atoms with Crippen molar-refractivity contribution >= 4 is 49.6 Å². The monoisotopic (exact) mass is 744 g/mol. The second-order valence-electron chi connectivity index (χ2n) is 16.8. The fourth-order valence-electron chi connectivity index (χ4n) is 10.3. The summed E-state index contributed by atoms with van der Waals surface area (Å²) in [7, 11) is 0. The van der Waals surface area contributed by atoms with E-state index in [0.717, 1.165) is 22.7 Å². The minimum atomic E-state index is 0.0174. The van der Waals surface area contributed by atoms with Crippen molar-refractivity contribution in [1.29, 1.82) is 0 Å². The maximum Gasteiger partial charge on any atom is 0.0541 e. The molecule has 2 atom stereocenters. The molecule has 0 saturated heterocycles. The van der Waals surface area contributed by atoms with Crippen molar-refractivity contribution in [3.8, 4) is 27.9 Å². The lowest BCUT2D eigenvalue weighted by Gasteiger charge is -2.36. The summed E-state index contributed by atoms with van der Waals surface area (Å²) in [5, 5.41) is 4.96. The van der Waals surface area contributed by atoms with E-state index in [1.54, 1.807) is 0 Å². The van der Waals surface area contributed by atoms with E-state index in [9.17, 15) is 0 Å². The van der Waals surface area contributed by atoms with E-state index in [1.165, 1.54) is 66.0 Å². The van der Waals surface area contributed by atoms with Gasteiger partial charge in [0.1, 0.15) is 0 Å². The van der Waals surface area contributed by atoms with E-state index in [0.29, 0.717) is 5.92 Å². The molecule has 1 aromatic heterocycles. The number of para-hydroxylation sites is 2. The molecule has 2 nitrogen and oxygen atoms in total. The largest absolute Gasteiger partial charge is 0.310 e. The highest BCUT2D eigenvalue weighted by Gasteiger charge is 2.51. The molecule has 11 rings (SSSR count). The van der Waals surface area contributed by atoms with Gasteiger partial charge in [-0.25, -0.2) is 0 Å². The minimum absolute atomic E-state index is 0.0174. The molecule has 2 heteroatoms. The molecule has 0 aliphatic heterocycles. The fourth-order valence-corrected chi connectivity index (χ4v) is 10.3. The third-order valence-electron chi connectivity index (χ3n) is 13.2. The van der Waals surface area contributed by atoms with Gasteiger partial charge in [0, 0.05) is 38.6 Å². The maximum absolute atomic E-state index is 2.47. The molecule has 0 saturated carbocycles. The average molecular weight is 745 g/mol. The van der Waals surface area contributed by atoms with Gasteiger partial charge in [-0.15, -0.1) is 0 Å². The van der Waals surface area contributed by atoms with Crippen LogP contribution in [-0.2, 0) is 10.8 Å². The molecule has 0 fully saturated rings. The van der Waals surface area contributed by atoms with Crippen LogP contribution in [-0.4, -0.2) is 4.57 Å². The van der Waals surface area contributed by atoms with Crippen molar-refractivity contribution in [1.82, 2.24) is 4.57 Å². The van der Waals surface area contributed by atoms with Crippen LogP contribution in [0.3, 0.4) is 0 Å². The van der Waals surface area contributed by atoms with Crippen LogP contribution in [0.25, 0.3) is 60.5 Å². The highest BCUT2D eigenvalue weighted by molar-refractivity contribution is 6.11. The first-order chi connectivity index (χ1) is 28.4. The zero-order chi connectivity index (χ0) is 39.0. The van der Waals surface area contributed by atoms with E-state index in [4.69, 9.17) is 0 Å². The van der Waals surface area contributed by atoms with Gasteiger partial charge in [-0.2, -0.15) is 0 Å². The Morgan fingerprint density at radius 2 is 1.05 bits per heavy atom. The molecule has 0 spiro atoms. The van der Waals surface area contributed by atoms with Crippen molar-refractivity contribution in [2.45, 2.75) is 31.6 Å². The Morgan fingerprint density at radius 1 is 0.466 bits per heavy atom. The van der Waals surface area contributed by atoms with Crippen LogP contribution in [0.4, 0.5) is 17.1 Å². The summed E-state index contributed by atoms with van der Waals surface area (Å²) in [6.07, 6.45) is 9.27. The normalized spacial score (nSPS) is 17.8. The third kappa shape index (κ3) is 5.25. The van der Waals surface area contributed by atoms with Crippen LogP contribution in [0, 0.1) is 5.92 Å². The summed E-state index contributed by atoms with van der Waals surface area (Å²) in [4.78, 5) is 2.37. The van der Waals surface area contributed by atoms with E-state index in [1.807, 2.05) is 0 Å². The minimum Gasteiger partial charge on any atom is -0.310 e. The van der Waals surface area contributed by atoms with Gasteiger partial charge in [-0.05, 0) is 117 Å². The first-order valence-corrected chi connectivity index (χ1v) is 20.5. The Hall–Kier alpha value is -6.90. The lowest BCUT2D eigenvalue weighted by Crippen LogP contribution is -2.33. The zero-order valence-corrected chi connectivity index (χ0v) is 33.1. The molecule has 2 unspecified atom stereocenters. The predicted molar refractivity (Wildman–Crippen MR) is 246 cm³/mol. The lowest BCUT2D eigenvalue weighted by atomic mass is 9.67. The summed E-state index contributed by atoms with van der Waals surface area (Å²) < 4.78 is 2.42. The van der Waals surface area contributed by atoms with Gasteiger partial charge >= 0.3 is 0 Å². The number of nitrogens with zero attached hydrogens (tertiary/aromatic N) is 2. The molecule has 1 heterocycles. The second kappa shape index (κ2) is 13.1. The lowest BCUT2D eigenvalue weighted by molar-refractivity contribution is 0.324. The van der Waals surface area contributed by atoms with Crippen molar-refractivity contribution < 1.29 is 0 Å². The Bertz CT molecular complexity index is 3090. The first kappa shape index (κ1) is 34.4. The van der Waals surface area contributed by atoms with Crippen LogP contribution in [0.15, 0.2) is 206 Å². The van der Waals surface area contributed by atoms with Crippen LogP contribution in [0.1, 0.15) is 31.9 Å². The average Bonchev–Trinajstić information content (AvgIpc) is 3.69. The molecule has 0 bridgehead atoms. The van der Waals surface area contributed by atoms with Gasteiger partial charge in [0.05, 0.1) is 16.7 Å². The van der Waals surface area contributed by atoms with Crippen LogP contribution in [0.2, 0.25) is 0 Å². The smallest absolute Gasteiger partial charge is 0.0541 e. The number of hydrogen-bond acceptors (Lipinski definition) is 1. The number of aromatic nitrogens is 1. The topological polar surface area (TPSA) is 8.17 Å². The molecule has 9 aromatic rings. The molecule has 0 N–H and O–H groups in total. The summed E-state index contributed by atoms with van der Waals surface area (Å²) in [6, 6.07) is 66.9. The Balaban J connectivity index is 1.03. The van der Waals surface area contributed by atoms with E-state index in [-0.39, 0.29) is 10.8 Å². The third-order valence-corrected chi connectivity index (χ3v) is 13.2. The standard InChI is InChI=1S/C56H44N2/c1-55(2)50-37-42(26-31-49(50)56(3)34-13-12-23-54(55)56)41-28-33-53-48(36-41)47-35-40(27-32-52(47)58(53)44-19-8-5-9-20-44)38-24-29-45(30-25-38)57(43-17-6-4-7-18-43)51-22-14-16-39-15-10-11-21-46(39)51/h4-37,54H,1-3H3. The number of hydrogen-bond donors (Lipinski definition) is 0. The van der Waals surface area contributed by atoms with Crippen LogP contribution in [0.5, 0.6) is 0 Å². The Labute approximate surface area is 340 Å². The number of anilines is 3. The second-order valence-corrected chi connectivity index (χ2v) is 16.8. The highest BCUT2D eigenvalue weighted by atomic mass is 15.1. The van der Waals surface area contributed by atoms with Gasteiger partial charge in [0.15, 0.2) is 0 Å². The summed E-state index contributed by atoms with van der Waals surface area (Å²) in [5.41, 5.74) is 14.9. The molecule has 0 radical (unpaired) electrons. The Kier molecular flexibility index (Phi) is 7.75. The van der Waals surface area contributed by atoms with E-state index in [2.05, 4.69) is 237 Å². The molecule has 2 aliphatic carbocycles. The molecular weight excluding hydrogens is 701 g/mol. The molecule has 278 valence electrons. The van der Waals surface area contributed by atoms with Gasteiger partial charge in [0.25, 0.3) is 0 Å². The number of benzene rings is 8. The molecule has 0 amide bonds. The van der Waals surface area contributed by atoms with Crippen LogP contribution >= 0.6 is 0 Å². The number of allylic oxidation sites excluding steroid dienone is 4. The van der Waals surface area contributed by atoms with Crippen molar-refractivity contribution in [3.63, 3.8) is 0 Å². The quantitative estimate of drug-likeness (QED) is 0.165. The van der Waals surface area contributed by atoms with Gasteiger partial charge in [0.2, 0.25) is 0 Å². The predicted octanol–water partition coefficient (Wildman–Crippen LogP) is 15.0. The van der Waals surface area contributed by atoms with E-state index < -0.39 is 0 Å². The maximum atomic E-state index is 2.47. The number of fused-ring (bicyclic) bond motifs is 7. The summed E-state index contributed by atoms with van der Waals surface area (Å²) in [5.74, 6) is 0.439. The molecule has 8 aromatic carbocycles. The van der Waals surface area contributed by atoms with E-state index >= 15 is 0 Å². The van der Waals surface area contributed by atoms with Crippen molar-refractivity contribution in [2.24, 2.45) is 5.92 Å². The van der Waals surface area contributed by atoms with Crippen molar-refractivity contribution in [2.75, 3.05) is 4.90 Å². The Morgan fingerprint density at radius 3 is 1.79 bits per heavy atom. The molecule has 58 heavy (non-hydrogen) atoms. The van der Waals surface area contributed by atoms with Gasteiger partial charge in [-0.1, -0.05) is 160 Å². The SMILES string of the molecule is CC1(C)c2cc(-c3ccc4c(c3)c3cc(-c5ccc(N(c6ccccc6)c6cccc7ccccc67)cc5)ccc3n4-c3ccccc3)ccc2C2(C)C=CC=CC12. The highest BCUT2D eigenvalue weighted by Crippen LogP contribution is 2.57.